The maximum atomic E-state index is 5.62. The van der Waals surface area contributed by atoms with Crippen molar-refractivity contribution in [2.45, 2.75) is 45.3 Å². The molecule has 0 aromatic rings. The Morgan fingerprint density at radius 3 is 2.92 bits per heavy atom. The van der Waals surface area contributed by atoms with E-state index in [4.69, 9.17) is 4.74 Å². The minimum absolute atomic E-state index is 0.513. The number of rotatable bonds is 3. The van der Waals surface area contributed by atoms with E-state index >= 15 is 0 Å². The van der Waals surface area contributed by atoms with Crippen molar-refractivity contribution < 1.29 is 4.74 Å². The molecule has 0 aliphatic carbocycles. The van der Waals surface area contributed by atoms with Gasteiger partial charge in [0.1, 0.15) is 0 Å². The van der Waals surface area contributed by atoms with Crippen LogP contribution in [0.25, 0.3) is 0 Å². The Bertz CT molecular complexity index is 125. The van der Waals surface area contributed by atoms with E-state index in [2.05, 4.69) is 19.2 Å². The highest BCUT2D eigenvalue weighted by molar-refractivity contribution is 4.77. The van der Waals surface area contributed by atoms with Crippen LogP contribution in [0.15, 0.2) is 0 Å². The average molecular weight is 171 g/mol. The van der Waals surface area contributed by atoms with Crippen LogP contribution in [0.5, 0.6) is 0 Å². The summed E-state index contributed by atoms with van der Waals surface area (Å²) in [6.07, 6.45) is 4.13. The van der Waals surface area contributed by atoms with Gasteiger partial charge in [-0.1, -0.05) is 6.92 Å². The van der Waals surface area contributed by atoms with Gasteiger partial charge in [-0.05, 0) is 39.2 Å². The molecule has 0 spiro atoms. The van der Waals surface area contributed by atoms with Crippen molar-refractivity contribution in [3.8, 4) is 0 Å². The Hall–Kier alpha value is -0.0800. The van der Waals surface area contributed by atoms with Crippen molar-refractivity contribution in [2.75, 3.05) is 13.7 Å². The fraction of sp³-hybridized carbons (Fsp3) is 1.00. The first-order chi connectivity index (χ1) is 5.77. The molecule has 1 fully saturated rings. The molecule has 2 nitrogen and oxygen atoms in total. The van der Waals surface area contributed by atoms with Crippen LogP contribution in [-0.4, -0.2) is 25.8 Å². The van der Waals surface area contributed by atoms with Crippen molar-refractivity contribution >= 4 is 0 Å². The number of hydrogen-bond acceptors (Lipinski definition) is 2. The fourth-order valence-corrected chi connectivity index (χ4v) is 1.88. The lowest BCUT2D eigenvalue weighted by Gasteiger charge is -2.32. The summed E-state index contributed by atoms with van der Waals surface area (Å²) in [5, 5.41) is 3.32. The van der Waals surface area contributed by atoms with Crippen LogP contribution in [0.1, 0.15) is 33.1 Å². The van der Waals surface area contributed by atoms with Crippen molar-refractivity contribution in [3.05, 3.63) is 0 Å². The predicted octanol–water partition coefficient (Wildman–Crippen LogP) is 1.80. The maximum absolute atomic E-state index is 5.62. The summed E-state index contributed by atoms with van der Waals surface area (Å²) in [6.45, 7) is 5.43. The summed E-state index contributed by atoms with van der Waals surface area (Å²) in [5.74, 6) is 0.814. The van der Waals surface area contributed by atoms with Gasteiger partial charge >= 0.3 is 0 Å². The Balaban J connectivity index is 2.34. The molecule has 1 aliphatic rings. The van der Waals surface area contributed by atoms with Crippen LogP contribution in [-0.2, 0) is 4.74 Å². The highest BCUT2D eigenvalue weighted by atomic mass is 16.5. The minimum atomic E-state index is 0.513. The van der Waals surface area contributed by atoms with Crippen LogP contribution < -0.4 is 5.32 Å². The third-order valence-electron chi connectivity index (χ3n) is 3.03. The van der Waals surface area contributed by atoms with E-state index in [9.17, 15) is 0 Å². The van der Waals surface area contributed by atoms with E-state index < -0.39 is 0 Å². The summed E-state index contributed by atoms with van der Waals surface area (Å²) >= 11 is 0. The van der Waals surface area contributed by atoms with Gasteiger partial charge < -0.3 is 10.1 Å². The Morgan fingerprint density at radius 1 is 1.58 bits per heavy atom. The van der Waals surface area contributed by atoms with Gasteiger partial charge in [0.05, 0.1) is 6.10 Å². The zero-order valence-electron chi connectivity index (χ0n) is 8.47. The molecule has 1 rings (SSSR count). The van der Waals surface area contributed by atoms with E-state index in [0.717, 1.165) is 18.9 Å². The van der Waals surface area contributed by atoms with Crippen molar-refractivity contribution in [1.29, 1.82) is 0 Å². The Morgan fingerprint density at radius 2 is 2.33 bits per heavy atom. The second-order valence-corrected chi connectivity index (χ2v) is 3.76. The van der Waals surface area contributed by atoms with E-state index in [1.165, 1.54) is 12.8 Å². The lowest BCUT2D eigenvalue weighted by Crippen LogP contribution is -2.37. The molecule has 0 amide bonds. The molecule has 1 heterocycles. The summed E-state index contributed by atoms with van der Waals surface area (Å²) in [6, 6.07) is 0.642. The molecule has 0 saturated carbocycles. The van der Waals surface area contributed by atoms with Gasteiger partial charge in [0.25, 0.3) is 0 Å². The van der Waals surface area contributed by atoms with Crippen LogP contribution in [0.2, 0.25) is 0 Å². The van der Waals surface area contributed by atoms with E-state index in [-0.39, 0.29) is 0 Å². The molecule has 72 valence electrons. The van der Waals surface area contributed by atoms with E-state index in [1.54, 1.807) is 0 Å². The number of hydrogen-bond donors (Lipinski definition) is 1. The van der Waals surface area contributed by atoms with Crippen molar-refractivity contribution in [2.24, 2.45) is 5.92 Å². The molecule has 0 bridgehead atoms. The van der Waals surface area contributed by atoms with Crippen LogP contribution in [0, 0.1) is 5.92 Å². The van der Waals surface area contributed by atoms with E-state index in [0.29, 0.717) is 12.1 Å². The second kappa shape index (κ2) is 4.83. The van der Waals surface area contributed by atoms with Gasteiger partial charge in [-0.2, -0.15) is 0 Å². The average Bonchev–Trinajstić information content (AvgIpc) is 2.17. The van der Waals surface area contributed by atoms with Crippen molar-refractivity contribution in [1.82, 2.24) is 5.32 Å². The summed E-state index contributed by atoms with van der Waals surface area (Å²) in [5.41, 5.74) is 0. The number of ether oxygens (including phenoxy) is 1. The van der Waals surface area contributed by atoms with Crippen molar-refractivity contribution in [3.63, 3.8) is 0 Å². The minimum Gasteiger partial charge on any atom is -0.378 e. The van der Waals surface area contributed by atoms with Gasteiger partial charge in [0, 0.05) is 12.6 Å². The van der Waals surface area contributed by atoms with Crippen LogP contribution in [0.3, 0.4) is 0 Å². The monoisotopic (exact) mass is 171 g/mol. The molecule has 2 heteroatoms. The molecule has 3 unspecified atom stereocenters. The molecule has 1 saturated heterocycles. The van der Waals surface area contributed by atoms with Gasteiger partial charge in [-0.15, -0.1) is 0 Å². The Labute approximate surface area is 75.7 Å². The second-order valence-electron chi connectivity index (χ2n) is 3.76. The van der Waals surface area contributed by atoms with Gasteiger partial charge in [-0.3, -0.25) is 0 Å². The summed E-state index contributed by atoms with van der Waals surface area (Å²) in [7, 11) is 2.04. The lowest BCUT2D eigenvalue weighted by molar-refractivity contribution is -0.0166. The third kappa shape index (κ3) is 2.46. The van der Waals surface area contributed by atoms with Gasteiger partial charge in [0.2, 0.25) is 0 Å². The molecule has 1 aliphatic heterocycles. The first-order valence-electron chi connectivity index (χ1n) is 5.06. The van der Waals surface area contributed by atoms with Crippen LogP contribution in [0.4, 0.5) is 0 Å². The normalized spacial score (nSPS) is 33.2. The molecular weight excluding hydrogens is 150 g/mol. The van der Waals surface area contributed by atoms with Gasteiger partial charge in [-0.25, -0.2) is 0 Å². The zero-order valence-corrected chi connectivity index (χ0v) is 8.47. The fourth-order valence-electron chi connectivity index (χ4n) is 1.88. The molecule has 3 atom stereocenters. The number of nitrogens with one attached hydrogen (secondary N) is 1. The first kappa shape index (κ1) is 10.0. The topological polar surface area (TPSA) is 21.3 Å². The molecule has 0 aromatic carbocycles. The smallest absolute Gasteiger partial charge is 0.0575 e. The van der Waals surface area contributed by atoms with Crippen LogP contribution >= 0.6 is 0 Å². The largest absolute Gasteiger partial charge is 0.378 e. The summed E-state index contributed by atoms with van der Waals surface area (Å²) in [4.78, 5) is 0. The third-order valence-corrected chi connectivity index (χ3v) is 3.03. The van der Waals surface area contributed by atoms with E-state index in [1.807, 2.05) is 7.05 Å². The SMILES string of the molecule is CCC1CC(C(C)NC)CCO1. The first-order valence-corrected chi connectivity index (χ1v) is 5.06. The standard InChI is InChI=1S/C10H21NO/c1-4-10-7-9(5-6-12-10)8(2)11-3/h8-11H,4-7H2,1-3H3. The van der Waals surface area contributed by atoms with Gasteiger partial charge in [0.15, 0.2) is 0 Å². The predicted molar refractivity (Wildman–Crippen MR) is 51.3 cm³/mol. The lowest BCUT2D eigenvalue weighted by atomic mass is 9.89. The molecular formula is C10H21NO. The highest BCUT2D eigenvalue weighted by Crippen LogP contribution is 2.24. The Kier molecular flexibility index (Phi) is 4.02. The molecule has 0 aromatic heterocycles. The zero-order chi connectivity index (χ0) is 8.97. The molecule has 1 N–H and O–H groups in total. The quantitative estimate of drug-likeness (QED) is 0.699. The summed E-state index contributed by atoms with van der Waals surface area (Å²) < 4.78 is 5.62. The maximum Gasteiger partial charge on any atom is 0.0575 e. The molecule has 0 radical (unpaired) electrons. The molecule has 12 heavy (non-hydrogen) atoms. The highest BCUT2D eigenvalue weighted by Gasteiger charge is 2.24.